The van der Waals surface area contributed by atoms with Crippen molar-refractivity contribution in [2.24, 2.45) is 0 Å². The fraction of sp³-hybridized carbons (Fsp3) is 0. The van der Waals surface area contributed by atoms with Gasteiger partial charge in [0, 0.05) is 0 Å². The lowest BCUT2D eigenvalue weighted by atomic mass is 10.3. The van der Waals surface area contributed by atoms with Gasteiger partial charge in [-0.25, -0.2) is 0 Å². The van der Waals surface area contributed by atoms with Crippen molar-refractivity contribution < 1.29 is 9.53 Å². The summed E-state index contributed by atoms with van der Waals surface area (Å²) in [6, 6.07) is 0. The SMILES string of the molecule is O=C1C=CC=CC=CC=COC=CC=CC=C1. The molecule has 1 heterocycles. The predicted octanol–water partition coefficient (Wildman–Crippen LogP) is 3.39. The van der Waals surface area contributed by atoms with Crippen LogP contribution in [0.4, 0.5) is 0 Å². The second kappa shape index (κ2) is 8.92. The van der Waals surface area contributed by atoms with Crippen LogP contribution in [0.3, 0.4) is 0 Å². The van der Waals surface area contributed by atoms with Crippen LogP contribution in [0.5, 0.6) is 0 Å². The minimum atomic E-state index is -0.0458. The van der Waals surface area contributed by atoms with Gasteiger partial charge in [0.15, 0.2) is 5.78 Å². The summed E-state index contributed by atoms with van der Waals surface area (Å²) in [5, 5.41) is 0. The molecule has 0 fully saturated rings. The van der Waals surface area contributed by atoms with Gasteiger partial charge in [-0.05, 0) is 24.3 Å². The third-order valence-corrected chi connectivity index (χ3v) is 1.72. The van der Waals surface area contributed by atoms with Gasteiger partial charge in [-0.1, -0.05) is 48.6 Å². The van der Waals surface area contributed by atoms with E-state index in [1.54, 1.807) is 55.1 Å². The molecule has 17 heavy (non-hydrogen) atoms. The first-order valence-electron chi connectivity index (χ1n) is 5.25. The lowest BCUT2D eigenvalue weighted by Crippen LogP contribution is -1.82. The second-order valence-electron chi connectivity index (χ2n) is 3.07. The molecule has 86 valence electrons. The Morgan fingerprint density at radius 1 is 0.588 bits per heavy atom. The van der Waals surface area contributed by atoms with Gasteiger partial charge in [0.2, 0.25) is 0 Å². The van der Waals surface area contributed by atoms with E-state index in [0.29, 0.717) is 0 Å². The molecule has 0 aromatic heterocycles. The molecule has 2 nitrogen and oxygen atoms in total. The van der Waals surface area contributed by atoms with Crippen LogP contribution in [0.2, 0.25) is 0 Å². The number of hydrogen-bond donors (Lipinski definition) is 0. The molecular weight excluding hydrogens is 212 g/mol. The molecule has 0 aromatic rings. The Hall–Kier alpha value is -2.35. The molecule has 0 radical (unpaired) electrons. The lowest BCUT2D eigenvalue weighted by Gasteiger charge is -1.85. The minimum Gasteiger partial charge on any atom is -0.473 e. The topological polar surface area (TPSA) is 26.3 Å². The molecule has 0 bridgehead atoms. The van der Waals surface area contributed by atoms with E-state index in [1.165, 1.54) is 12.2 Å². The second-order valence-corrected chi connectivity index (χ2v) is 3.07. The summed E-state index contributed by atoms with van der Waals surface area (Å²) in [4.78, 5) is 11.3. The van der Waals surface area contributed by atoms with Crippen molar-refractivity contribution in [3.8, 4) is 0 Å². The van der Waals surface area contributed by atoms with E-state index in [1.807, 2.05) is 18.2 Å². The van der Waals surface area contributed by atoms with Crippen LogP contribution < -0.4 is 0 Å². The van der Waals surface area contributed by atoms with Gasteiger partial charge >= 0.3 is 0 Å². The molecule has 0 unspecified atom stereocenters. The van der Waals surface area contributed by atoms with Crippen molar-refractivity contribution in [3.05, 3.63) is 85.4 Å². The summed E-state index contributed by atoms with van der Waals surface area (Å²) in [6.45, 7) is 0. The highest BCUT2D eigenvalue weighted by atomic mass is 16.5. The average Bonchev–Trinajstić information content (AvgIpc) is 2.32. The average molecular weight is 226 g/mol. The van der Waals surface area contributed by atoms with Crippen LogP contribution in [0, 0.1) is 0 Å². The number of hydrogen-bond acceptors (Lipinski definition) is 2. The fourth-order valence-corrected chi connectivity index (χ4v) is 0.968. The maximum Gasteiger partial charge on any atom is 0.178 e. The van der Waals surface area contributed by atoms with Crippen molar-refractivity contribution in [1.29, 1.82) is 0 Å². The van der Waals surface area contributed by atoms with Gasteiger partial charge in [-0.2, -0.15) is 0 Å². The van der Waals surface area contributed by atoms with E-state index in [-0.39, 0.29) is 5.78 Å². The highest BCUT2D eigenvalue weighted by molar-refractivity contribution is 5.99. The van der Waals surface area contributed by atoms with E-state index in [4.69, 9.17) is 4.74 Å². The Bertz CT molecular complexity index is 430. The Morgan fingerprint density at radius 2 is 1.00 bits per heavy atom. The molecular formula is C15H14O2. The number of rotatable bonds is 0. The molecule has 0 aliphatic carbocycles. The van der Waals surface area contributed by atoms with E-state index in [9.17, 15) is 4.79 Å². The highest BCUT2D eigenvalue weighted by Crippen LogP contribution is 1.89. The van der Waals surface area contributed by atoms with Crippen molar-refractivity contribution >= 4 is 5.78 Å². The summed E-state index contributed by atoms with van der Waals surface area (Å²) < 4.78 is 5.06. The van der Waals surface area contributed by atoms with Gasteiger partial charge in [-0.3, -0.25) is 4.79 Å². The maximum atomic E-state index is 11.3. The van der Waals surface area contributed by atoms with Crippen molar-refractivity contribution in [2.45, 2.75) is 0 Å². The number of ketones is 1. The monoisotopic (exact) mass is 226 g/mol. The number of carbonyl (C=O) groups excluding carboxylic acids is 1. The van der Waals surface area contributed by atoms with Crippen LogP contribution in [0.15, 0.2) is 85.4 Å². The third-order valence-electron chi connectivity index (χ3n) is 1.72. The molecule has 0 atom stereocenters. The quantitative estimate of drug-likeness (QED) is 0.632. The van der Waals surface area contributed by atoms with Crippen molar-refractivity contribution in [2.75, 3.05) is 0 Å². The van der Waals surface area contributed by atoms with Gasteiger partial charge in [0.1, 0.15) is 0 Å². The number of allylic oxidation sites excluding steroid dienone is 12. The van der Waals surface area contributed by atoms with Crippen molar-refractivity contribution in [1.82, 2.24) is 0 Å². The molecule has 0 amide bonds. The molecule has 0 aromatic carbocycles. The maximum absolute atomic E-state index is 11.3. The number of carbonyl (C=O) groups is 1. The molecule has 0 saturated heterocycles. The van der Waals surface area contributed by atoms with Crippen LogP contribution in [-0.2, 0) is 9.53 Å². The van der Waals surface area contributed by atoms with Crippen LogP contribution in [0.25, 0.3) is 0 Å². The molecule has 1 rings (SSSR count). The van der Waals surface area contributed by atoms with Gasteiger partial charge in [0.25, 0.3) is 0 Å². The zero-order valence-electron chi connectivity index (χ0n) is 9.40. The molecule has 0 spiro atoms. The van der Waals surface area contributed by atoms with Crippen LogP contribution >= 0.6 is 0 Å². The van der Waals surface area contributed by atoms with E-state index < -0.39 is 0 Å². The molecule has 0 saturated carbocycles. The normalized spacial score (nSPS) is 16.4. The van der Waals surface area contributed by atoms with Crippen LogP contribution in [-0.4, -0.2) is 5.78 Å². The molecule has 1 aliphatic rings. The highest BCUT2D eigenvalue weighted by Gasteiger charge is 1.83. The fourth-order valence-electron chi connectivity index (χ4n) is 0.968. The first-order chi connectivity index (χ1) is 8.39. The summed E-state index contributed by atoms with van der Waals surface area (Å²) >= 11 is 0. The van der Waals surface area contributed by atoms with Gasteiger partial charge in [0.05, 0.1) is 12.5 Å². The summed E-state index contributed by atoms with van der Waals surface area (Å²) in [5.74, 6) is -0.0458. The van der Waals surface area contributed by atoms with Crippen LogP contribution in [0.1, 0.15) is 0 Å². The smallest absolute Gasteiger partial charge is 0.178 e. The van der Waals surface area contributed by atoms with E-state index >= 15 is 0 Å². The summed E-state index contributed by atoms with van der Waals surface area (Å²) in [6.07, 6.45) is 23.9. The summed E-state index contributed by atoms with van der Waals surface area (Å²) in [5.41, 5.74) is 0. The Labute approximate surface area is 101 Å². The minimum absolute atomic E-state index is 0.0458. The lowest BCUT2D eigenvalue weighted by molar-refractivity contribution is -0.110. The Balaban J connectivity index is 2.71. The van der Waals surface area contributed by atoms with E-state index in [2.05, 4.69) is 0 Å². The largest absolute Gasteiger partial charge is 0.473 e. The Morgan fingerprint density at radius 3 is 1.53 bits per heavy atom. The number of ether oxygens (including phenoxy) is 1. The van der Waals surface area contributed by atoms with Gasteiger partial charge < -0.3 is 4.74 Å². The standard InChI is InChI=1S/C15H14O2/c16-15-11-7-3-1-2-5-9-13-17-14-10-6-4-8-12-15/h1-14H. The predicted molar refractivity (Wildman–Crippen MR) is 70.1 cm³/mol. The zero-order valence-corrected chi connectivity index (χ0v) is 9.40. The van der Waals surface area contributed by atoms with Crippen molar-refractivity contribution in [3.63, 3.8) is 0 Å². The van der Waals surface area contributed by atoms with Gasteiger partial charge in [-0.15, -0.1) is 0 Å². The summed E-state index contributed by atoms with van der Waals surface area (Å²) in [7, 11) is 0. The first-order valence-corrected chi connectivity index (χ1v) is 5.25. The molecule has 2 heteroatoms. The third kappa shape index (κ3) is 7.56. The zero-order chi connectivity index (χ0) is 12.2. The first kappa shape index (κ1) is 12.7. The Kier molecular flexibility index (Phi) is 6.67. The molecule has 0 N–H and O–H groups in total. The van der Waals surface area contributed by atoms with E-state index in [0.717, 1.165) is 0 Å². The molecule has 1 aliphatic heterocycles.